The largest absolute Gasteiger partial charge is 0.480 e. The molecule has 0 heterocycles. The number of nitrogens with one attached hydrogen (secondary N) is 3. The number of halogens is 4. The molecule has 1 aliphatic carbocycles. The number of aliphatic carboxylic acids is 1. The fraction of sp³-hybridized carbons (Fsp3) is 0.318. The van der Waals surface area contributed by atoms with E-state index in [-0.39, 0.29) is 37.9 Å². The molecule has 0 spiro atoms. The van der Waals surface area contributed by atoms with E-state index in [0.717, 1.165) is 32.1 Å². The summed E-state index contributed by atoms with van der Waals surface area (Å²) in [6.45, 7) is 0. The topological polar surface area (TPSA) is 108 Å². The third-order valence-corrected chi connectivity index (χ3v) is 6.44. The van der Waals surface area contributed by atoms with Gasteiger partial charge in [0.1, 0.15) is 6.04 Å². The van der Waals surface area contributed by atoms with E-state index in [4.69, 9.17) is 46.4 Å². The maximum absolute atomic E-state index is 13.0. The highest BCUT2D eigenvalue weighted by Gasteiger charge is 2.31. The predicted octanol–water partition coefficient (Wildman–Crippen LogP) is 6.71. The summed E-state index contributed by atoms with van der Waals surface area (Å²) in [7, 11) is 0. The van der Waals surface area contributed by atoms with Crippen molar-refractivity contribution < 1.29 is 19.5 Å². The van der Waals surface area contributed by atoms with Gasteiger partial charge < -0.3 is 21.1 Å². The molecule has 0 radical (unpaired) electrons. The SMILES string of the molecule is O=C(Nc1cc(Cl)ccc1C(=O)N[C@H](C(=O)O)C1CCCCC1)Nc1c(Cl)cc(Cl)cc1Cl. The van der Waals surface area contributed by atoms with Crippen LogP contribution in [-0.4, -0.2) is 29.1 Å². The lowest BCUT2D eigenvalue weighted by Crippen LogP contribution is -2.46. The molecule has 4 N–H and O–H groups in total. The lowest BCUT2D eigenvalue weighted by Gasteiger charge is -2.28. The molecular formula is C22H21Cl4N3O4. The molecule has 1 fully saturated rings. The average Bonchev–Trinajstić information content (AvgIpc) is 2.75. The quantitative estimate of drug-likeness (QED) is 0.331. The summed E-state index contributed by atoms with van der Waals surface area (Å²) < 4.78 is 0. The van der Waals surface area contributed by atoms with Crippen LogP contribution in [0.4, 0.5) is 16.2 Å². The molecule has 176 valence electrons. The Labute approximate surface area is 210 Å². The normalized spacial score (nSPS) is 14.9. The zero-order chi connectivity index (χ0) is 24.1. The minimum atomic E-state index is -1.09. The number of amides is 3. The second-order valence-corrected chi connectivity index (χ2v) is 9.39. The van der Waals surface area contributed by atoms with Crippen molar-refractivity contribution in [3.05, 3.63) is 56.0 Å². The number of anilines is 2. The van der Waals surface area contributed by atoms with Gasteiger partial charge in [0.15, 0.2) is 0 Å². The molecule has 2 aromatic carbocycles. The van der Waals surface area contributed by atoms with Crippen molar-refractivity contribution in [3.63, 3.8) is 0 Å². The highest BCUT2D eigenvalue weighted by Crippen LogP contribution is 2.34. The van der Waals surface area contributed by atoms with E-state index in [1.807, 2.05) is 0 Å². The number of carboxylic acids is 1. The summed E-state index contributed by atoms with van der Waals surface area (Å²) >= 11 is 24.1. The Hall–Kier alpha value is -2.19. The first-order valence-electron chi connectivity index (χ1n) is 10.2. The second-order valence-electron chi connectivity index (χ2n) is 7.70. The zero-order valence-corrected chi connectivity index (χ0v) is 20.3. The van der Waals surface area contributed by atoms with Gasteiger partial charge in [-0.05, 0) is 49.1 Å². The van der Waals surface area contributed by atoms with Gasteiger partial charge in [0.05, 0.1) is 27.0 Å². The highest BCUT2D eigenvalue weighted by atomic mass is 35.5. The molecule has 0 unspecified atom stereocenters. The first-order chi connectivity index (χ1) is 15.7. The Morgan fingerprint density at radius 1 is 0.879 bits per heavy atom. The maximum atomic E-state index is 13.0. The number of carbonyl (C=O) groups is 3. The van der Waals surface area contributed by atoms with Crippen LogP contribution in [0.5, 0.6) is 0 Å². The fourth-order valence-electron chi connectivity index (χ4n) is 3.81. The smallest absolute Gasteiger partial charge is 0.326 e. The van der Waals surface area contributed by atoms with Gasteiger partial charge in [-0.25, -0.2) is 9.59 Å². The average molecular weight is 533 g/mol. The number of urea groups is 1. The lowest BCUT2D eigenvalue weighted by atomic mass is 9.84. The van der Waals surface area contributed by atoms with Crippen LogP contribution in [0.2, 0.25) is 20.1 Å². The summed E-state index contributed by atoms with van der Waals surface area (Å²) in [6.07, 6.45) is 4.36. The van der Waals surface area contributed by atoms with Crippen LogP contribution in [0.3, 0.4) is 0 Å². The number of carbonyl (C=O) groups excluding carboxylic acids is 2. The van der Waals surface area contributed by atoms with Crippen molar-refractivity contribution in [2.75, 3.05) is 10.6 Å². The van der Waals surface area contributed by atoms with Gasteiger partial charge in [0.2, 0.25) is 0 Å². The summed E-state index contributed by atoms with van der Waals surface area (Å²) in [5.74, 6) is -1.88. The van der Waals surface area contributed by atoms with Crippen LogP contribution >= 0.6 is 46.4 Å². The molecule has 2 aromatic rings. The standard InChI is InChI=1S/C22H21Cl4N3O4/c23-12-6-7-14(20(30)28-18(21(31)32)11-4-2-1-3-5-11)17(10-12)27-22(33)29-19-15(25)8-13(24)9-16(19)26/h6-11,18H,1-5H2,(H,28,30)(H,31,32)(H2,27,29,33)/t18-/m0/s1. The molecule has 1 saturated carbocycles. The van der Waals surface area contributed by atoms with Crippen molar-refractivity contribution in [3.8, 4) is 0 Å². The van der Waals surface area contributed by atoms with Gasteiger partial charge in [0, 0.05) is 10.0 Å². The van der Waals surface area contributed by atoms with Crippen LogP contribution in [0.1, 0.15) is 42.5 Å². The van der Waals surface area contributed by atoms with Crippen molar-refractivity contribution in [1.82, 2.24) is 5.32 Å². The second kappa shape index (κ2) is 11.3. The van der Waals surface area contributed by atoms with E-state index in [1.54, 1.807) is 0 Å². The first kappa shape index (κ1) is 25.4. The van der Waals surface area contributed by atoms with Crippen LogP contribution in [-0.2, 0) is 4.79 Å². The predicted molar refractivity (Wildman–Crippen MR) is 131 cm³/mol. The van der Waals surface area contributed by atoms with E-state index in [2.05, 4.69) is 16.0 Å². The van der Waals surface area contributed by atoms with Crippen LogP contribution in [0.25, 0.3) is 0 Å². The Morgan fingerprint density at radius 3 is 2.12 bits per heavy atom. The Morgan fingerprint density at radius 2 is 1.52 bits per heavy atom. The van der Waals surface area contributed by atoms with Crippen molar-refractivity contribution in [2.45, 2.75) is 38.1 Å². The molecule has 0 aliphatic heterocycles. The number of rotatable bonds is 6. The zero-order valence-electron chi connectivity index (χ0n) is 17.3. The summed E-state index contributed by atoms with van der Waals surface area (Å²) in [5, 5.41) is 18.1. The molecule has 1 aliphatic rings. The number of hydrogen-bond acceptors (Lipinski definition) is 3. The molecule has 0 bridgehead atoms. The van der Waals surface area contributed by atoms with Gasteiger partial charge in [-0.3, -0.25) is 4.79 Å². The third-order valence-electron chi connectivity index (χ3n) is 5.39. The monoisotopic (exact) mass is 531 g/mol. The Balaban J connectivity index is 1.79. The summed E-state index contributed by atoms with van der Waals surface area (Å²) in [5.41, 5.74) is 0.285. The van der Waals surface area contributed by atoms with Crippen molar-refractivity contribution >= 4 is 75.7 Å². The number of carboxylic acid groups (broad SMARTS) is 1. The van der Waals surface area contributed by atoms with E-state index in [9.17, 15) is 19.5 Å². The molecule has 7 nitrogen and oxygen atoms in total. The Kier molecular flexibility index (Phi) is 8.70. The maximum Gasteiger partial charge on any atom is 0.326 e. The van der Waals surface area contributed by atoms with E-state index in [1.165, 1.54) is 30.3 Å². The van der Waals surface area contributed by atoms with Crippen LogP contribution in [0.15, 0.2) is 30.3 Å². The molecule has 3 amide bonds. The summed E-state index contributed by atoms with van der Waals surface area (Å²) in [6, 6.07) is 5.34. The van der Waals surface area contributed by atoms with Crippen LogP contribution in [0, 0.1) is 5.92 Å². The fourth-order valence-corrected chi connectivity index (χ4v) is 4.90. The van der Waals surface area contributed by atoms with E-state index < -0.39 is 23.9 Å². The third kappa shape index (κ3) is 6.67. The van der Waals surface area contributed by atoms with Crippen molar-refractivity contribution in [2.24, 2.45) is 5.92 Å². The lowest BCUT2D eigenvalue weighted by molar-refractivity contribution is -0.141. The van der Waals surface area contributed by atoms with Gasteiger partial charge in [0.25, 0.3) is 5.91 Å². The number of benzene rings is 2. The molecule has 0 aromatic heterocycles. The molecule has 33 heavy (non-hydrogen) atoms. The molecule has 11 heteroatoms. The van der Waals surface area contributed by atoms with Gasteiger partial charge in [-0.15, -0.1) is 0 Å². The molecular weight excluding hydrogens is 512 g/mol. The van der Waals surface area contributed by atoms with Crippen LogP contribution < -0.4 is 16.0 Å². The highest BCUT2D eigenvalue weighted by molar-refractivity contribution is 6.42. The van der Waals surface area contributed by atoms with Crippen molar-refractivity contribution in [1.29, 1.82) is 0 Å². The Bertz CT molecular complexity index is 1050. The number of hydrogen-bond donors (Lipinski definition) is 4. The summed E-state index contributed by atoms with van der Waals surface area (Å²) in [4.78, 5) is 37.4. The van der Waals surface area contributed by atoms with E-state index >= 15 is 0 Å². The van der Waals surface area contributed by atoms with Gasteiger partial charge >= 0.3 is 12.0 Å². The minimum Gasteiger partial charge on any atom is -0.480 e. The van der Waals surface area contributed by atoms with Gasteiger partial charge in [-0.2, -0.15) is 0 Å². The van der Waals surface area contributed by atoms with E-state index in [0.29, 0.717) is 5.02 Å². The minimum absolute atomic E-state index is 0.0601. The van der Waals surface area contributed by atoms with Gasteiger partial charge in [-0.1, -0.05) is 65.7 Å². The first-order valence-corrected chi connectivity index (χ1v) is 11.7. The molecule has 0 saturated heterocycles. The molecule has 3 rings (SSSR count). The molecule has 1 atom stereocenters.